The van der Waals surface area contributed by atoms with Crippen LogP contribution in [0.4, 0.5) is 5.69 Å². The van der Waals surface area contributed by atoms with E-state index in [4.69, 9.17) is 23.7 Å². The molecule has 0 aliphatic carbocycles. The summed E-state index contributed by atoms with van der Waals surface area (Å²) in [6.07, 6.45) is 1.55. The van der Waals surface area contributed by atoms with Crippen LogP contribution in [0.25, 0.3) is 0 Å². The second-order valence-corrected chi connectivity index (χ2v) is 11.2. The van der Waals surface area contributed by atoms with Crippen molar-refractivity contribution >= 4 is 17.6 Å². The maximum absolute atomic E-state index is 13.8. The van der Waals surface area contributed by atoms with E-state index in [2.05, 4.69) is 19.2 Å². The Labute approximate surface area is 264 Å². The monoisotopic (exact) mass is 618 g/mol. The second-order valence-electron chi connectivity index (χ2n) is 11.2. The molecule has 1 saturated heterocycles. The molecule has 240 valence electrons. The molecule has 2 N–H and O–H groups in total. The first-order valence-corrected chi connectivity index (χ1v) is 15.5. The van der Waals surface area contributed by atoms with Crippen LogP contribution in [0.3, 0.4) is 0 Å². The maximum Gasteiger partial charge on any atom is 0.309 e. The van der Waals surface area contributed by atoms with Crippen LogP contribution in [0, 0.1) is 5.92 Å². The summed E-state index contributed by atoms with van der Waals surface area (Å²) in [7, 11) is 3.15. The van der Waals surface area contributed by atoms with Crippen molar-refractivity contribution in [1.82, 2.24) is 4.90 Å². The molecule has 0 unspecified atom stereocenters. The number of benzene rings is 3. The van der Waals surface area contributed by atoms with Gasteiger partial charge in [0.25, 0.3) is 0 Å². The number of carbonyl (C=O) groups is 2. The Balaban J connectivity index is 1.55. The lowest BCUT2D eigenvalue weighted by atomic mass is 9.82. The standard InChI is InChI=1S/C35H42N2O8/c1-5-22-10-9-11-23(6-2)32(22)36-30(38)21-37-20-26(24-18-28(42-4)34-29(19-24)44-16-17-45-34)31(35(39)40)33(37)25-12-7-8-13-27(25)43-15-14-41-3/h7-13,18-19,26,31,33H,5-6,14-17,20-21H2,1-4H3,(H,36,38)(H,39,40)/t26-,31-,33+/m1/s1. The Morgan fingerprint density at radius 3 is 2.38 bits per heavy atom. The molecule has 1 amide bonds. The summed E-state index contributed by atoms with van der Waals surface area (Å²) >= 11 is 0. The largest absolute Gasteiger partial charge is 0.493 e. The van der Waals surface area contributed by atoms with Crippen molar-refractivity contribution in [3.63, 3.8) is 0 Å². The van der Waals surface area contributed by atoms with E-state index in [1.807, 2.05) is 59.5 Å². The Morgan fingerprint density at radius 1 is 0.956 bits per heavy atom. The van der Waals surface area contributed by atoms with Crippen LogP contribution >= 0.6 is 0 Å². The van der Waals surface area contributed by atoms with E-state index in [9.17, 15) is 14.7 Å². The Bertz CT molecular complexity index is 1470. The van der Waals surface area contributed by atoms with E-state index in [1.54, 1.807) is 14.2 Å². The third kappa shape index (κ3) is 6.87. The van der Waals surface area contributed by atoms with E-state index in [0.717, 1.165) is 35.2 Å². The number of carboxylic acids is 1. The van der Waals surface area contributed by atoms with E-state index >= 15 is 0 Å². The number of amides is 1. The molecule has 2 aliphatic heterocycles. The predicted molar refractivity (Wildman–Crippen MR) is 170 cm³/mol. The first kappa shape index (κ1) is 32.1. The highest BCUT2D eigenvalue weighted by Crippen LogP contribution is 2.51. The number of hydrogen-bond donors (Lipinski definition) is 2. The highest BCUT2D eigenvalue weighted by molar-refractivity contribution is 5.94. The second kappa shape index (κ2) is 14.7. The number of hydrogen-bond acceptors (Lipinski definition) is 8. The fourth-order valence-electron chi connectivity index (χ4n) is 6.47. The zero-order valence-corrected chi connectivity index (χ0v) is 26.3. The number of carboxylic acid groups (broad SMARTS) is 1. The molecule has 0 spiro atoms. The predicted octanol–water partition coefficient (Wildman–Crippen LogP) is 5.10. The molecule has 0 aromatic heterocycles. The number of rotatable bonds is 13. The molecule has 10 nitrogen and oxygen atoms in total. The number of likely N-dealkylation sites (tertiary alicyclic amines) is 1. The van der Waals surface area contributed by atoms with Gasteiger partial charge in [-0.25, -0.2) is 0 Å². The highest BCUT2D eigenvalue weighted by atomic mass is 16.6. The average molecular weight is 619 g/mol. The molecule has 2 aliphatic rings. The van der Waals surface area contributed by atoms with Crippen LogP contribution in [0.5, 0.6) is 23.0 Å². The van der Waals surface area contributed by atoms with Gasteiger partial charge in [0.2, 0.25) is 11.7 Å². The summed E-state index contributed by atoms with van der Waals surface area (Å²) in [5.74, 6) is -0.539. The van der Waals surface area contributed by atoms with Gasteiger partial charge in [0.1, 0.15) is 25.6 Å². The van der Waals surface area contributed by atoms with Crippen molar-refractivity contribution in [2.45, 2.75) is 38.6 Å². The zero-order valence-electron chi connectivity index (χ0n) is 26.3. The topological polar surface area (TPSA) is 116 Å². The molecule has 45 heavy (non-hydrogen) atoms. The van der Waals surface area contributed by atoms with Crippen molar-refractivity contribution in [2.75, 3.05) is 59.1 Å². The minimum atomic E-state index is -0.974. The number of anilines is 1. The lowest BCUT2D eigenvalue weighted by Gasteiger charge is -2.28. The molecule has 2 heterocycles. The number of fused-ring (bicyclic) bond motifs is 1. The molecule has 5 rings (SSSR count). The number of ether oxygens (including phenoxy) is 5. The van der Waals surface area contributed by atoms with Crippen molar-refractivity contribution < 1.29 is 38.4 Å². The fraction of sp³-hybridized carbons (Fsp3) is 0.429. The number of aryl methyl sites for hydroxylation is 2. The summed E-state index contributed by atoms with van der Waals surface area (Å²) in [5, 5.41) is 14.0. The summed E-state index contributed by atoms with van der Waals surface area (Å²) in [6.45, 7) is 5.87. The summed E-state index contributed by atoms with van der Waals surface area (Å²) in [5.41, 5.74) is 4.38. The van der Waals surface area contributed by atoms with Crippen LogP contribution in [0.15, 0.2) is 54.6 Å². The first-order chi connectivity index (χ1) is 21.9. The van der Waals surface area contributed by atoms with Gasteiger partial charge in [0, 0.05) is 30.8 Å². The van der Waals surface area contributed by atoms with Gasteiger partial charge in [-0.15, -0.1) is 0 Å². The fourth-order valence-corrected chi connectivity index (χ4v) is 6.47. The van der Waals surface area contributed by atoms with E-state index in [0.29, 0.717) is 61.5 Å². The normalized spacial score (nSPS) is 19.2. The van der Waals surface area contributed by atoms with E-state index in [-0.39, 0.29) is 12.5 Å². The van der Waals surface area contributed by atoms with Gasteiger partial charge < -0.3 is 34.1 Å². The van der Waals surface area contributed by atoms with Gasteiger partial charge in [-0.3, -0.25) is 14.5 Å². The van der Waals surface area contributed by atoms with Crippen molar-refractivity contribution in [2.24, 2.45) is 5.92 Å². The molecule has 3 aromatic rings. The lowest BCUT2D eigenvalue weighted by Crippen LogP contribution is -2.35. The van der Waals surface area contributed by atoms with Crippen LogP contribution in [0.2, 0.25) is 0 Å². The van der Waals surface area contributed by atoms with E-state index in [1.165, 1.54) is 0 Å². The van der Waals surface area contributed by atoms with Gasteiger partial charge in [-0.2, -0.15) is 0 Å². The van der Waals surface area contributed by atoms with Crippen molar-refractivity contribution in [1.29, 1.82) is 0 Å². The molecule has 1 fully saturated rings. The van der Waals surface area contributed by atoms with Crippen LogP contribution in [-0.2, 0) is 27.2 Å². The molecule has 0 radical (unpaired) electrons. The van der Waals surface area contributed by atoms with Crippen molar-refractivity contribution in [3.8, 4) is 23.0 Å². The number of nitrogens with zero attached hydrogens (tertiary/aromatic N) is 1. The number of para-hydroxylation sites is 2. The van der Waals surface area contributed by atoms with Gasteiger partial charge >= 0.3 is 5.97 Å². The molecule has 3 aromatic carbocycles. The Morgan fingerprint density at radius 2 is 1.69 bits per heavy atom. The number of nitrogens with one attached hydrogen (secondary N) is 1. The minimum Gasteiger partial charge on any atom is -0.493 e. The lowest BCUT2D eigenvalue weighted by molar-refractivity contribution is -0.143. The maximum atomic E-state index is 13.8. The third-order valence-corrected chi connectivity index (χ3v) is 8.55. The van der Waals surface area contributed by atoms with Crippen LogP contribution < -0.4 is 24.3 Å². The molecule has 10 heteroatoms. The minimum absolute atomic E-state index is 0.0136. The van der Waals surface area contributed by atoms with Gasteiger partial charge in [-0.05, 0) is 47.7 Å². The Hall–Kier alpha value is -4.28. The van der Waals surface area contributed by atoms with Gasteiger partial charge in [0.05, 0.1) is 32.2 Å². The number of methoxy groups -OCH3 is 2. The summed E-state index contributed by atoms with van der Waals surface area (Å²) < 4.78 is 28.6. The molecular formula is C35H42N2O8. The number of carbonyl (C=O) groups excluding carboxylic acids is 1. The first-order valence-electron chi connectivity index (χ1n) is 15.5. The van der Waals surface area contributed by atoms with E-state index < -0.39 is 23.8 Å². The number of aliphatic carboxylic acids is 1. The summed E-state index contributed by atoms with van der Waals surface area (Å²) in [6, 6.07) is 16.5. The van der Waals surface area contributed by atoms with Gasteiger partial charge in [0.15, 0.2) is 11.5 Å². The van der Waals surface area contributed by atoms with Crippen molar-refractivity contribution in [3.05, 3.63) is 76.9 Å². The molecule has 3 atom stereocenters. The van der Waals surface area contributed by atoms with Crippen LogP contribution in [0.1, 0.15) is 48.1 Å². The third-order valence-electron chi connectivity index (χ3n) is 8.55. The zero-order chi connectivity index (χ0) is 31.9. The highest BCUT2D eigenvalue weighted by Gasteiger charge is 2.49. The molecular weight excluding hydrogens is 576 g/mol. The molecule has 0 saturated carbocycles. The SMILES string of the molecule is CCc1cccc(CC)c1NC(=O)CN1C[C@H](c2cc(OC)c3c(c2)OCCO3)[C@@H](C(=O)O)[C@@H]1c1ccccc1OCCOC. The van der Waals surface area contributed by atoms with Crippen LogP contribution in [-0.4, -0.2) is 75.6 Å². The quantitative estimate of drug-likeness (QED) is 0.253. The average Bonchev–Trinajstić information content (AvgIpc) is 3.43. The smallest absolute Gasteiger partial charge is 0.309 e. The summed E-state index contributed by atoms with van der Waals surface area (Å²) in [4.78, 5) is 28.9. The Kier molecular flexibility index (Phi) is 10.5. The molecule has 0 bridgehead atoms. The van der Waals surface area contributed by atoms with Gasteiger partial charge in [-0.1, -0.05) is 50.2 Å².